The summed E-state index contributed by atoms with van der Waals surface area (Å²) >= 11 is 1.84. The fourth-order valence-electron chi connectivity index (χ4n) is 7.26. The summed E-state index contributed by atoms with van der Waals surface area (Å²) in [5.41, 5.74) is 7.28. The van der Waals surface area contributed by atoms with E-state index in [1.54, 1.807) is 0 Å². The van der Waals surface area contributed by atoms with Gasteiger partial charge in [0.15, 0.2) is 11.6 Å². The summed E-state index contributed by atoms with van der Waals surface area (Å²) in [5.74, 6) is 3.12. The van der Waals surface area contributed by atoms with Gasteiger partial charge >= 0.3 is 0 Å². The molecule has 2 heterocycles. The number of hydrogen-bond acceptors (Lipinski definition) is 4. The van der Waals surface area contributed by atoms with Gasteiger partial charge in [-0.3, -0.25) is 0 Å². The van der Waals surface area contributed by atoms with Crippen LogP contribution in [0, 0.1) is 0 Å². The van der Waals surface area contributed by atoms with E-state index in [2.05, 4.69) is 158 Å². The third-order valence-electron chi connectivity index (χ3n) is 9.94. The molecule has 3 aliphatic carbocycles. The van der Waals surface area contributed by atoms with Gasteiger partial charge in [-0.15, -0.1) is 11.3 Å². The molecule has 2 aromatic heterocycles. The number of nitrogens with zero attached hydrogens (tertiary/aromatic N) is 3. The van der Waals surface area contributed by atoms with Gasteiger partial charge in [-0.1, -0.05) is 140 Å². The van der Waals surface area contributed by atoms with Crippen LogP contribution in [0.5, 0.6) is 0 Å². The summed E-state index contributed by atoms with van der Waals surface area (Å²) in [6, 6.07) is 33.0. The molecule has 6 aromatic rings. The fourth-order valence-corrected chi connectivity index (χ4v) is 8.37. The first-order valence-electron chi connectivity index (χ1n) is 17.2. The molecule has 3 unspecified atom stereocenters. The zero-order chi connectivity index (χ0) is 32.6. The number of hydrogen-bond donors (Lipinski definition) is 0. The van der Waals surface area contributed by atoms with Gasteiger partial charge in [0, 0.05) is 49.1 Å². The Bertz CT molecular complexity index is 2370. The Morgan fingerprint density at radius 3 is 2.06 bits per heavy atom. The van der Waals surface area contributed by atoms with E-state index in [0.717, 1.165) is 47.9 Å². The lowest BCUT2D eigenvalue weighted by Gasteiger charge is -2.17. The van der Waals surface area contributed by atoms with E-state index in [-0.39, 0.29) is 5.92 Å². The smallest absolute Gasteiger partial charge is 0.164 e. The molecule has 49 heavy (non-hydrogen) atoms. The van der Waals surface area contributed by atoms with Gasteiger partial charge in [0.25, 0.3) is 0 Å². The minimum Gasteiger partial charge on any atom is -0.212 e. The van der Waals surface area contributed by atoms with E-state index in [1.807, 2.05) is 11.3 Å². The van der Waals surface area contributed by atoms with E-state index in [1.165, 1.54) is 42.4 Å². The van der Waals surface area contributed by atoms with Crippen LogP contribution in [-0.2, 0) is 0 Å². The maximum atomic E-state index is 5.19. The largest absolute Gasteiger partial charge is 0.212 e. The van der Waals surface area contributed by atoms with E-state index < -0.39 is 0 Å². The van der Waals surface area contributed by atoms with Crippen LogP contribution in [-0.4, -0.2) is 15.0 Å². The van der Waals surface area contributed by atoms with Crippen LogP contribution < -0.4 is 0 Å². The van der Waals surface area contributed by atoms with Crippen molar-refractivity contribution in [1.82, 2.24) is 15.0 Å². The number of aromatic nitrogens is 3. The molecule has 0 amide bonds. The first kappa shape index (κ1) is 29.7. The zero-order valence-corrected chi connectivity index (χ0v) is 27.9. The monoisotopic (exact) mass is 649 g/mol. The van der Waals surface area contributed by atoms with Crippen molar-refractivity contribution >= 4 is 37.1 Å². The van der Waals surface area contributed by atoms with Gasteiger partial charge in [0.2, 0.25) is 0 Å². The summed E-state index contributed by atoms with van der Waals surface area (Å²) in [5, 5.41) is 2.49. The van der Waals surface area contributed by atoms with Gasteiger partial charge in [-0.2, -0.15) is 0 Å². The minimum atomic E-state index is 0.112. The zero-order valence-electron chi connectivity index (χ0n) is 27.1. The maximum absolute atomic E-state index is 5.19. The molecule has 4 aromatic carbocycles. The SMILES string of the molecule is C1=CCC(c2ccc(-c3nc(-c4cccc5sc6ccc(C7C=CC(c8ccccc8)=CC7)cc6c45)nc(C4C=CC=CC4)n3)cc2)C=C1. The first-order chi connectivity index (χ1) is 24.3. The lowest BCUT2D eigenvalue weighted by Crippen LogP contribution is -2.08. The molecule has 3 aliphatic rings. The Kier molecular flexibility index (Phi) is 7.79. The lowest BCUT2D eigenvalue weighted by molar-refractivity contribution is 0.764. The highest BCUT2D eigenvalue weighted by atomic mass is 32.1. The molecule has 0 aliphatic heterocycles. The van der Waals surface area contributed by atoms with Crippen LogP contribution in [0.15, 0.2) is 158 Å². The Labute approximate surface area is 291 Å². The quantitative estimate of drug-likeness (QED) is 0.180. The predicted octanol–water partition coefficient (Wildman–Crippen LogP) is 11.9. The van der Waals surface area contributed by atoms with Crippen LogP contribution >= 0.6 is 11.3 Å². The summed E-state index contributed by atoms with van der Waals surface area (Å²) in [4.78, 5) is 15.5. The van der Waals surface area contributed by atoms with Gasteiger partial charge < -0.3 is 0 Å². The third-order valence-corrected chi connectivity index (χ3v) is 11.1. The molecule has 4 heteroatoms. The van der Waals surface area contributed by atoms with Crippen molar-refractivity contribution in [2.45, 2.75) is 37.0 Å². The maximum Gasteiger partial charge on any atom is 0.164 e. The molecule has 3 nitrogen and oxygen atoms in total. The van der Waals surface area contributed by atoms with Crippen LogP contribution in [0.1, 0.15) is 59.5 Å². The van der Waals surface area contributed by atoms with Gasteiger partial charge in [0.1, 0.15) is 5.82 Å². The molecule has 0 saturated carbocycles. The second-order valence-corrected chi connectivity index (χ2v) is 14.1. The normalized spacial score (nSPS) is 19.9. The first-order valence-corrected chi connectivity index (χ1v) is 18.0. The molecule has 3 atom stereocenters. The molecular formula is C45H35N3S. The number of thiophene rings is 1. The second-order valence-electron chi connectivity index (χ2n) is 13.0. The minimum absolute atomic E-state index is 0.112. The molecule has 0 spiro atoms. The Balaban J connectivity index is 1.12. The average molecular weight is 650 g/mol. The molecular weight excluding hydrogens is 615 g/mol. The Morgan fingerprint density at radius 1 is 0.551 bits per heavy atom. The second kappa shape index (κ2) is 12.9. The Hall–Kier alpha value is -5.45. The number of benzene rings is 4. The summed E-state index contributed by atoms with van der Waals surface area (Å²) in [6.07, 6.45) is 27.3. The fraction of sp³-hybridized carbons (Fsp3) is 0.133. The van der Waals surface area contributed by atoms with Crippen molar-refractivity contribution < 1.29 is 0 Å². The highest BCUT2D eigenvalue weighted by Crippen LogP contribution is 2.42. The number of rotatable bonds is 6. The van der Waals surface area contributed by atoms with Crippen molar-refractivity contribution in [3.8, 4) is 22.8 Å². The van der Waals surface area contributed by atoms with Crippen molar-refractivity contribution in [3.05, 3.63) is 180 Å². The van der Waals surface area contributed by atoms with Crippen molar-refractivity contribution in [2.75, 3.05) is 0 Å². The molecule has 0 saturated heterocycles. The van der Waals surface area contributed by atoms with Crippen molar-refractivity contribution in [3.63, 3.8) is 0 Å². The molecule has 9 rings (SSSR count). The van der Waals surface area contributed by atoms with Crippen LogP contribution in [0.3, 0.4) is 0 Å². The number of allylic oxidation sites excluding steroid dienone is 12. The highest BCUT2D eigenvalue weighted by Gasteiger charge is 2.21. The summed E-state index contributed by atoms with van der Waals surface area (Å²) in [6.45, 7) is 0. The Morgan fingerprint density at radius 2 is 1.31 bits per heavy atom. The van der Waals surface area contributed by atoms with E-state index in [0.29, 0.717) is 11.8 Å². The van der Waals surface area contributed by atoms with Crippen molar-refractivity contribution in [1.29, 1.82) is 0 Å². The molecule has 0 radical (unpaired) electrons. The number of fused-ring (bicyclic) bond motifs is 3. The van der Waals surface area contributed by atoms with E-state index in [4.69, 9.17) is 15.0 Å². The highest BCUT2D eigenvalue weighted by molar-refractivity contribution is 7.25. The molecule has 0 N–H and O–H groups in total. The topological polar surface area (TPSA) is 38.7 Å². The van der Waals surface area contributed by atoms with Crippen LogP contribution in [0.25, 0.3) is 48.5 Å². The standard InChI is InChI=1S/C45H35N3S/c1-4-11-30(12-5-1)32-19-21-34(22-20-32)37-27-28-40-39(29-37)42-38(17-10-18-41(42)49-40)45-47-43(35-15-8-3-9-16-35)46-44(48-45)36-25-23-33(24-26-36)31-13-6-2-7-14-31/h1-13,15,17-21,23-29,31,34-35H,14,16,22H2. The van der Waals surface area contributed by atoms with E-state index in [9.17, 15) is 0 Å². The van der Waals surface area contributed by atoms with E-state index >= 15 is 0 Å². The van der Waals surface area contributed by atoms with Gasteiger partial charge in [-0.05, 0) is 59.7 Å². The summed E-state index contributed by atoms with van der Waals surface area (Å²) < 4.78 is 2.53. The third kappa shape index (κ3) is 5.83. The van der Waals surface area contributed by atoms with Gasteiger partial charge in [-0.25, -0.2) is 15.0 Å². The van der Waals surface area contributed by atoms with Crippen LogP contribution in [0.2, 0.25) is 0 Å². The van der Waals surface area contributed by atoms with Crippen molar-refractivity contribution in [2.24, 2.45) is 0 Å². The molecule has 236 valence electrons. The van der Waals surface area contributed by atoms with Gasteiger partial charge in [0.05, 0.1) is 0 Å². The average Bonchev–Trinajstić information content (AvgIpc) is 3.57. The lowest BCUT2D eigenvalue weighted by atomic mass is 9.87. The summed E-state index contributed by atoms with van der Waals surface area (Å²) in [7, 11) is 0. The predicted molar refractivity (Wildman–Crippen MR) is 206 cm³/mol. The molecule has 0 bridgehead atoms. The van der Waals surface area contributed by atoms with Crippen LogP contribution in [0.4, 0.5) is 0 Å². The molecule has 0 fully saturated rings.